The van der Waals surface area contributed by atoms with Gasteiger partial charge in [0.1, 0.15) is 30.8 Å². The van der Waals surface area contributed by atoms with Crippen LogP contribution in [0.15, 0.2) is 76.5 Å². The predicted molar refractivity (Wildman–Crippen MR) is 173 cm³/mol. The maximum absolute atomic E-state index is 13.5. The molecule has 1 saturated heterocycles. The van der Waals surface area contributed by atoms with Crippen molar-refractivity contribution < 1.29 is 27.8 Å². The molecule has 2 heterocycles. The first-order valence-corrected chi connectivity index (χ1v) is 16.4. The number of para-hydroxylation sites is 1. The zero-order valence-electron chi connectivity index (χ0n) is 25.9. The van der Waals surface area contributed by atoms with Gasteiger partial charge >= 0.3 is 6.18 Å². The number of alkyl halides is 3. The Labute approximate surface area is 268 Å². The number of aliphatic hydroxyl groups excluding tert-OH is 1. The lowest BCUT2D eigenvalue weighted by Gasteiger charge is -2.36. The van der Waals surface area contributed by atoms with Crippen molar-refractivity contribution in [3.05, 3.63) is 72.3 Å². The summed E-state index contributed by atoms with van der Waals surface area (Å²) in [5.41, 5.74) is 0.989. The van der Waals surface area contributed by atoms with Gasteiger partial charge in [-0.25, -0.2) is 0 Å². The first-order valence-electron chi connectivity index (χ1n) is 15.6. The summed E-state index contributed by atoms with van der Waals surface area (Å²) in [4.78, 5) is 8.80. The van der Waals surface area contributed by atoms with Crippen molar-refractivity contribution in [2.24, 2.45) is 0 Å². The maximum atomic E-state index is 13.5. The molecular weight excluding hydrogens is 601 g/mol. The van der Waals surface area contributed by atoms with Crippen molar-refractivity contribution >= 4 is 23.1 Å². The highest BCUT2D eigenvalue weighted by atomic mass is 32.2. The normalized spacial score (nSPS) is 16.4. The molecule has 0 aliphatic carbocycles. The fraction of sp³-hybridized carbons (Fsp3) is 0.471. The van der Waals surface area contributed by atoms with E-state index in [0.717, 1.165) is 66.9 Å². The second-order valence-corrected chi connectivity index (χ2v) is 12.9. The Morgan fingerprint density at radius 2 is 1.47 bits per heavy atom. The van der Waals surface area contributed by atoms with Gasteiger partial charge in [-0.15, -0.1) is 0 Å². The number of halogens is 3. The Bertz CT molecular complexity index is 1370. The molecule has 2 aliphatic rings. The van der Waals surface area contributed by atoms with E-state index in [2.05, 4.69) is 20.0 Å². The summed E-state index contributed by atoms with van der Waals surface area (Å²) < 4.78 is 52.2. The van der Waals surface area contributed by atoms with Crippen molar-refractivity contribution in [1.82, 2.24) is 15.1 Å². The maximum Gasteiger partial charge on any atom is 0.416 e. The zero-order valence-corrected chi connectivity index (χ0v) is 26.7. The smallest absolute Gasteiger partial charge is 0.416 e. The van der Waals surface area contributed by atoms with Crippen LogP contribution in [-0.4, -0.2) is 92.6 Å². The molecule has 0 unspecified atom stereocenters. The van der Waals surface area contributed by atoms with E-state index >= 15 is 0 Å². The van der Waals surface area contributed by atoms with Crippen LogP contribution in [0.2, 0.25) is 0 Å². The average Bonchev–Trinajstić information content (AvgIpc) is 3.03. The second kappa shape index (κ2) is 15.6. The van der Waals surface area contributed by atoms with E-state index in [1.165, 1.54) is 23.9 Å². The van der Waals surface area contributed by atoms with Crippen molar-refractivity contribution in [2.45, 2.75) is 48.4 Å². The minimum Gasteiger partial charge on any atom is -0.492 e. The molecule has 3 aromatic carbocycles. The molecule has 244 valence electrons. The Balaban J connectivity index is 1.02. The van der Waals surface area contributed by atoms with Gasteiger partial charge in [0.15, 0.2) is 0 Å². The number of rotatable bonds is 14. The number of nitrogens with zero attached hydrogens (tertiary/aromatic N) is 3. The first kappa shape index (κ1) is 33.4. The van der Waals surface area contributed by atoms with Gasteiger partial charge in [0.2, 0.25) is 0 Å². The summed E-state index contributed by atoms with van der Waals surface area (Å²) in [6.45, 7) is 11.6. The summed E-state index contributed by atoms with van der Waals surface area (Å²) in [6.07, 6.45) is -4.09. The van der Waals surface area contributed by atoms with Crippen LogP contribution < -0.4 is 19.7 Å². The monoisotopic (exact) mass is 644 g/mol. The number of ether oxygens (including phenoxy) is 2. The van der Waals surface area contributed by atoms with Gasteiger partial charge in [0.05, 0.1) is 16.9 Å². The van der Waals surface area contributed by atoms with Gasteiger partial charge in [-0.1, -0.05) is 37.7 Å². The highest BCUT2D eigenvalue weighted by Crippen LogP contribution is 2.49. The largest absolute Gasteiger partial charge is 0.492 e. The van der Waals surface area contributed by atoms with Crippen LogP contribution in [0, 0.1) is 0 Å². The van der Waals surface area contributed by atoms with E-state index in [1.807, 2.05) is 62.4 Å². The van der Waals surface area contributed by atoms with E-state index in [9.17, 15) is 18.3 Å². The van der Waals surface area contributed by atoms with Crippen LogP contribution in [0.25, 0.3) is 0 Å². The van der Waals surface area contributed by atoms with Crippen molar-refractivity contribution in [3.63, 3.8) is 0 Å². The molecule has 1 fully saturated rings. The van der Waals surface area contributed by atoms with Crippen LogP contribution in [0.1, 0.15) is 25.8 Å². The standard InChI is InChI=1S/C34H43F3N4O3S/c1-25(2)38-23-27(42)24-44-29-11-9-28(10-12-29)43-21-20-40-18-16-39(17-19-40)14-5-15-41-30-6-3-4-7-32(30)45-33-13-8-26(22-31(33)41)34(35,36)37/h3-4,6-13,22,25,27,38,42H,5,14-21,23-24H2,1-2H3/t27-/m0/s1. The highest BCUT2D eigenvalue weighted by molar-refractivity contribution is 7.99. The van der Waals surface area contributed by atoms with Gasteiger partial charge in [-0.2, -0.15) is 13.2 Å². The highest BCUT2D eigenvalue weighted by Gasteiger charge is 2.33. The number of benzene rings is 3. The van der Waals surface area contributed by atoms with E-state index < -0.39 is 17.8 Å². The average molecular weight is 645 g/mol. The molecule has 0 saturated carbocycles. The molecule has 3 aromatic rings. The number of hydrogen-bond donors (Lipinski definition) is 2. The summed E-state index contributed by atoms with van der Waals surface area (Å²) >= 11 is 1.53. The summed E-state index contributed by atoms with van der Waals surface area (Å²) in [5, 5.41) is 13.2. The molecule has 2 aliphatic heterocycles. The minimum atomic E-state index is -4.37. The van der Waals surface area contributed by atoms with Crippen LogP contribution in [-0.2, 0) is 6.18 Å². The lowest BCUT2D eigenvalue weighted by atomic mass is 10.1. The fourth-order valence-corrected chi connectivity index (χ4v) is 6.56. The van der Waals surface area contributed by atoms with Crippen LogP contribution in [0.5, 0.6) is 11.5 Å². The quantitative estimate of drug-likeness (QED) is 0.217. The van der Waals surface area contributed by atoms with Crippen LogP contribution in [0.4, 0.5) is 24.5 Å². The summed E-state index contributed by atoms with van der Waals surface area (Å²) in [5.74, 6) is 1.48. The molecule has 45 heavy (non-hydrogen) atoms. The Morgan fingerprint density at radius 3 is 2.16 bits per heavy atom. The molecule has 7 nitrogen and oxygen atoms in total. The number of hydrogen-bond acceptors (Lipinski definition) is 8. The first-order chi connectivity index (χ1) is 21.7. The molecule has 0 spiro atoms. The summed E-state index contributed by atoms with van der Waals surface area (Å²) in [6, 6.07) is 19.8. The molecule has 0 amide bonds. The van der Waals surface area contributed by atoms with Crippen molar-refractivity contribution in [3.8, 4) is 11.5 Å². The molecule has 1 atom stereocenters. The topological polar surface area (TPSA) is 60.4 Å². The molecule has 11 heteroatoms. The Morgan fingerprint density at radius 1 is 0.822 bits per heavy atom. The van der Waals surface area contributed by atoms with E-state index in [1.54, 1.807) is 6.07 Å². The van der Waals surface area contributed by atoms with E-state index in [0.29, 0.717) is 37.2 Å². The third kappa shape index (κ3) is 9.52. The molecule has 0 bridgehead atoms. The third-order valence-electron chi connectivity index (χ3n) is 7.98. The number of aliphatic hydroxyl groups is 1. The van der Waals surface area contributed by atoms with E-state index in [4.69, 9.17) is 9.47 Å². The Hall–Kier alpha value is -2.96. The summed E-state index contributed by atoms with van der Waals surface area (Å²) in [7, 11) is 0. The third-order valence-corrected chi connectivity index (χ3v) is 9.11. The minimum absolute atomic E-state index is 0.230. The van der Waals surface area contributed by atoms with Crippen molar-refractivity contribution in [1.29, 1.82) is 0 Å². The zero-order chi connectivity index (χ0) is 31.8. The molecular formula is C34H43F3N4O3S. The predicted octanol–water partition coefficient (Wildman–Crippen LogP) is 6.13. The number of nitrogens with one attached hydrogen (secondary N) is 1. The number of anilines is 2. The molecule has 2 N–H and O–H groups in total. The lowest BCUT2D eigenvalue weighted by molar-refractivity contribution is -0.137. The van der Waals surface area contributed by atoms with Gasteiger partial charge in [-0.3, -0.25) is 4.90 Å². The van der Waals surface area contributed by atoms with Gasteiger partial charge in [0, 0.05) is 61.6 Å². The molecule has 0 aromatic heterocycles. The molecule has 5 rings (SSSR count). The van der Waals surface area contributed by atoms with Crippen LogP contribution in [0.3, 0.4) is 0 Å². The Kier molecular flexibility index (Phi) is 11.5. The SMILES string of the molecule is CC(C)NC[C@H](O)COc1ccc(OCCN2CCN(CCCN3c4ccccc4Sc4ccc(C(F)(F)F)cc43)CC2)cc1. The number of fused-ring (bicyclic) bond motifs is 2. The van der Waals surface area contributed by atoms with Gasteiger partial charge in [-0.05, 0) is 67.6 Å². The lowest BCUT2D eigenvalue weighted by Crippen LogP contribution is -2.47. The fourth-order valence-electron chi connectivity index (χ4n) is 5.48. The molecule has 0 radical (unpaired) electrons. The van der Waals surface area contributed by atoms with Gasteiger partial charge < -0.3 is 29.7 Å². The van der Waals surface area contributed by atoms with Gasteiger partial charge in [0.25, 0.3) is 0 Å². The van der Waals surface area contributed by atoms with Crippen LogP contribution >= 0.6 is 11.8 Å². The van der Waals surface area contributed by atoms with Crippen molar-refractivity contribution in [2.75, 3.05) is 70.5 Å². The second-order valence-electron chi connectivity index (χ2n) is 11.8. The number of piperazine rings is 1. The van der Waals surface area contributed by atoms with E-state index in [-0.39, 0.29) is 6.61 Å².